The van der Waals surface area contributed by atoms with E-state index in [1.165, 1.54) is 0 Å². The number of hydrogen-bond acceptors (Lipinski definition) is 6. The van der Waals surface area contributed by atoms with Crippen LogP contribution in [0.3, 0.4) is 0 Å². The van der Waals surface area contributed by atoms with Gasteiger partial charge in [-0.15, -0.1) is 0 Å². The molecule has 2 rings (SSSR count). The van der Waals surface area contributed by atoms with Gasteiger partial charge >= 0.3 is 6.09 Å². The molecule has 0 radical (unpaired) electrons. The van der Waals surface area contributed by atoms with E-state index in [4.69, 9.17) is 4.74 Å². The number of ether oxygens (including phenoxy) is 1. The highest BCUT2D eigenvalue weighted by Crippen LogP contribution is 2.11. The molecule has 8 nitrogen and oxygen atoms in total. The van der Waals surface area contributed by atoms with Crippen molar-refractivity contribution in [2.24, 2.45) is 5.10 Å². The third-order valence-electron chi connectivity index (χ3n) is 3.67. The Morgan fingerprint density at radius 2 is 1.93 bits per heavy atom. The van der Waals surface area contributed by atoms with E-state index in [1.807, 2.05) is 39.0 Å². The van der Waals surface area contributed by atoms with Crippen molar-refractivity contribution in [3.05, 3.63) is 36.2 Å². The van der Waals surface area contributed by atoms with E-state index >= 15 is 0 Å². The largest absolute Gasteiger partial charge is 0.444 e. The minimum atomic E-state index is -0.499. The topological polar surface area (TPSA) is 106 Å². The molecule has 28 heavy (non-hydrogen) atoms. The number of alkyl carbamates (subject to hydrolysis) is 1. The maximum absolute atomic E-state index is 11.9. The van der Waals surface area contributed by atoms with Crippen LogP contribution in [0.15, 0.2) is 35.7 Å². The van der Waals surface area contributed by atoms with Crippen molar-refractivity contribution in [2.45, 2.75) is 52.1 Å². The lowest BCUT2D eigenvalue weighted by Crippen LogP contribution is -2.33. The number of rotatable bonds is 8. The maximum atomic E-state index is 11.9. The number of nitrogens with zero attached hydrogens (tertiary/aromatic N) is 3. The number of hydrogen-bond donors (Lipinski definition) is 2. The Hall–Kier alpha value is -3.03. The predicted octanol–water partition coefficient (Wildman–Crippen LogP) is 3.17. The Kier molecular flexibility index (Phi) is 7.86. The predicted molar refractivity (Wildman–Crippen MR) is 108 cm³/mol. The lowest BCUT2D eigenvalue weighted by Gasteiger charge is -2.19. The van der Waals surface area contributed by atoms with Crippen molar-refractivity contribution in [1.29, 1.82) is 0 Å². The lowest BCUT2D eigenvalue weighted by molar-refractivity contribution is -0.121. The number of fused-ring (bicyclic) bond motifs is 1. The lowest BCUT2D eigenvalue weighted by atomic mass is 10.2. The molecule has 0 spiro atoms. The molecule has 0 unspecified atom stereocenters. The minimum Gasteiger partial charge on any atom is -0.444 e. The molecule has 0 atom stereocenters. The summed E-state index contributed by atoms with van der Waals surface area (Å²) in [6.45, 7) is 5.99. The number of benzene rings is 1. The van der Waals surface area contributed by atoms with Gasteiger partial charge in [0.1, 0.15) is 5.60 Å². The zero-order valence-electron chi connectivity index (χ0n) is 16.6. The van der Waals surface area contributed by atoms with Crippen molar-refractivity contribution in [3.8, 4) is 0 Å². The third-order valence-corrected chi connectivity index (χ3v) is 3.67. The average Bonchev–Trinajstić information content (AvgIpc) is 2.63. The first-order valence-electron chi connectivity index (χ1n) is 9.34. The number of hydrazone groups is 1. The molecule has 0 aliphatic carbocycles. The summed E-state index contributed by atoms with van der Waals surface area (Å²) in [4.78, 5) is 31.9. The zero-order chi connectivity index (χ0) is 20.4. The van der Waals surface area contributed by atoms with Gasteiger partial charge in [-0.25, -0.2) is 10.2 Å². The maximum Gasteiger partial charge on any atom is 0.407 e. The highest BCUT2D eigenvalue weighted by Gasteiger charge is 2.15. The molecule has 0 fully saturated rings. The Morgan fingerprint density at radius 3 is 2.71 bits per heavy atom. The van der Waals surface area contributed by atoms with Crippen LogP contribution in [0.2, 0.25) is 0 Å². The Labute approximate surface area is 164 Å². The molecule has 150 valence electrons. The van der Waals surface area contributed by atoms with Crippen LogP contribution in [0.1, 0.15) is 52.0 Å². The molecular formula is C20H27N5O3. The SMILES string of the molecule is CC(C)(C)OC(=O)NCCCCCC(=O)NN=Cc1cccc2nccnc12. The fourth-order valence-electron chi connectivity index (χ4n) is 2.44. The molecule has 0 saturated heterocycles. The van der Waals surface area contributed by atoms with Crippen molar-refractivity contribution >= 4 is 29.2 Å². The van der Waals surface area contributed by atoms with E-state index in [9.17, 15) is 9.59 Å². The van der Waals surface area contributed by atoms with Gasteiger partial charge in [0.25, 0.3) is 0 Å². The number of amides is 2. The van der Waals surface area contributed by atoms with Crippen LogP contribution >= 0.6 is 0 Å². The Bertz CT molecular complexity index is 825. The quantitative estimate of drug-likeness (QED) is 0.412. The molecule has 2 N–H and O–H groups in total. The van der Waals surface area contributed by atoms with E-state index in [0.717, 1.165) is 35.9 Å². The fraction of sp³-hybridized carbons (Fsp3) is 0.450. The van der Waals surface area contributed by atoms with Crippen LogP contribution < -0.4 is 10.7 Å². The summed E-state index contributed by atoms with van der Waals surface area (Å²) in [5, 5.41) is 6.70. The molecule has 2 aromatic rings. The van der Waals surface area contributed by atoms with Crippen molar-refractivity contribution in [3.63, 3.8) is 0 Å². The van der Waals surface area contributed by atoms with Crippen molar-refractivity contribution in [1.82, 2.24) is 20.7 Å². The van der Waals surface area contributed by atoms with Gasteiger partial charge in [0, 0.05) is 30.9 Å². The molecule has 0 aliphatic rings. The highest BCUT2D eigenvalue weighted by atomic mass is 16.6. The normalized spacial score (nSPS) is 11.5. The fourth-order valence-corrected chi connectivity index (χ4v) is 2.44. The number of para-hydroxylation sites is 1. The van der Waals surface area contributed by atoms with Gasteiger partial charge in [-0.3, -0.25) is 14.8 Å². The summed E-state index contributed by atoms with van der Waals surface area (Å²) in [6.07, 6.45) is 7.11. The number of unbranched alkanes of at least 4 members (excludes halogenated alkanes) is 2. The summed E-state index contributed by atoms with van der Waals surface area (Å²) in [7, 11) is 0. The van der Waals surface area contributed by atoms with E-state index in [-0.39, 0.29) is 5.91 Å². The minimum absolute atomic E-state index is 0.150. The van der Waals surface area contributed by atoms with Gasteiger partial charge in [0.05, 0.1) is 17.2 Å². The Morgan fingerprint density at radius 1 is 1.14 bits per heavy atom. The third kappa shape index (κ3) is 7.69. The average molecular weight is 385 g/mol. The van der Waals surface area contributed by atoms with Crippen LogP contribution in [0.4, 0.5) is 4.79 Å². The van der Waals surface area contributed by atoms with Crippen LogP contribution in [0.5, 0.6) is 0 Å². The molecule has 0 bridgehead atoms. The van der Waals surface area contributed by atoms with Crippen LogP contribution in [-0.4, -0.2) is 40.3 Å². The first kappa shape index (κ1) is 21.3. The zero-order valence-corrected chi connectivity index (χ0v) is 16.6. The molecule has 8 heteroatoms. The van der Waals surface area contributed by atoms with E-state index < -0.39 is 11.7 Å². The number of carbonyl (C=O) groups is 2. The monoisotopic (exact) mass is 385 g/mol. The van der Waals surface area contributed by atoms with E-state index in [2.05, 4.69) is 25.8 Å². The molecule has 1 aromatic carbocycles. The molecular weight excluding hydrogens is 358 g/mol. The first-order chi connectivity index (χ1) is 13.3. The van der Waals surface area contributed by atoms with Gasteiger partial charge in [-0.05, 0) is 39.7 Å². The number of aromatic nitrogens is 2. The van der Waals surface area contributed by atoms with Gasteiger partial charge in [0.2, 0.25) is 5.91 Å². The summed E-state index contributed by atoms with van der Waals surface area (Å²) in [6, 6.07) is 5.60. The van der Waals surface area contributed by atoms with E-state index in [0.29, 0.717) is 13.0 Å². The second-order valence-electron chi connectivity index (χ2n) is 7.30. The van der Waals surface area contributed by atoms with Crippen molar-refractivity contribution in [2.75, 3.05) is 6.54 Å². The second-order valence-corrected chi connectivity index (χ2v) is 7.30. The first-order valence-corrected chi connectivity index (χ1v) is 9.34. The molecule has 1 aromatic heterocycles. The molecule has 0 saturated carbocycles. The summed E-state index contributed by atoms with van der Waals surface area (Å²) in [5.74, 6) is -0.150. The van der Waals surface area contributed by atoms with Gasteiger partial charge in [-0.2, -0.15) is 5.10 Å². The molecule has 1 heterocycles. The van der Waals surface area contributed by atoms with Crippen molar-refractivity contribution < 1.29 is 14.3 Å². The highest BCUT2D eigenvalue weighted by molar-refractivity contribution is 5.96. The Balaban J connectivity index is 1.63. The van der Waals surface area contributed by atoms with Crippen LogP contribution in [0, 0.1) is 0 Å². The van der Waals surface area contributed by atoms with Gasteiger partial charge in [-0.1, -0.05) is 18.6 Å². The number of nitrogens with one attached hydrogen (secondary N) is 2. The second kappa shape index (κ2) is 10.3. The summed E-state index contributed by atoms with van der Waals surface area (Å²) < 4.78 is 5.15. The van der Waals surface area contributed by atoms with Gasteiger partial charge < -0.3 is 10.1 Å². The molecule has 2 amide bonds. The van der Waals surface area contributed by atoms with Crippen LogP contribution in [-0.2, 0) is 9.53 Å². The van der Waals surface area contributed by atoms with Gasteiger partial charge in [0.15, 0.2) is 0 Å². The van der Waals surface area contributed by atoms with E-state index in [1.54, 1.807) is 18.6 Å². The summed E-state index contributed by atoms with van der Waals surface area (Å²) in [5.41, 5.74) is 4.33. The summed E-state index contributed by atoms with van der Waals surface area (Å²) >= 11 is 0. The standard InChI is InChI=1S/C20H27N5O3/c1-20(2,3)28-19(27)23-11-6-4-5-10-17(26)25-24-14-15-8-7-9-16-18(15)22-13-12-21-16/h7-9,12-14H,4-6,10-11H2,1-3H3,(H,23,27)(H,25,26). The molecule has 0 aliphatic heterocycles. The van der Waals surface area contributed by atoms with Crippen LogP contribution in [0.25, 0.3) is 11.0 Å². The number of carbonyl (C=O) groups excluding carboxylic acids is 2. The smallest absolute Gasteiger partial charge is 0.407 e.